The minimum atomic E-state index is 0. The van der Waals surface area contributed by atoms with Gasteiger partial charge in [-0.2, -0.15) is 0 Å². The third kappa shape index (κ3) is 4.37. The van der Waals surface area contributed by atoms with Crippen molar-refractivity contribution in [2.45, 2.75) is 19.9 Å². The standard InChI is InChI=1S/C5H14N2.ClH/c1-4(2)5(7)3-6;/h4-5H,3,6-7H2,1-2H3;1H/t5-;/m0./s1. The lowest BCUT2D eigenvalue weighted by atomic mass is 10.1. The maximum atomic E-state index is 5.49. The van der Waals surface area contributed by atoms with Crippen molar-refractivity contribution < 1.29 is 0 Å². The molecule has 0 aromatic heterocycles. The van der Waals surface area contributed by atoms with Crippen LogP contribution < -0.4 is 11.5 Å². The Balaban J connectivity index is 0. The molecule has 0 rings (SSSR count). The molecular formula is C5H15ClN2. The Morgan fingerprint density at radius 3 is 1.75 bits per heavy atom. The molecule has 0 fully saturated rings. The summed E-state index contributed by atoms with van der Waals surface area (Å²) in [6.07, 6.45) is 0. The summed E-state index contributed by atoms with van der Waals surface area (Å²) in [6.45, 7) is 4.73. The molecule has 3 heteroatoms. The molecule has 0 aliphatic rings. The summed E-state index contributed by atoms with van der Waals surface area (Å²) in [6, 6.07) is 0.181. The first-order valence-electron chi connectivity index (χ1n) is 2.64. The van der Waals surface area contributed by atoms with Crippen molar-refractivity contribution in [3.05, 3.63) is 0 Å². The zero-order chi connectivity index (χ0) is 5.86. The number of nitrogens with two attached hydrogens (primary N) is 2. The highest BCUT2D eigenvalue weighted by Gasteiger charge is 2.01. The van der Waals surface area contributed by atoms with Gasteiger partial charge in [0.05, 0.1) is 0 Å². The van der Waals surface area contributed by atoms with Crippen molar-refractivity contribution in [3.8, 4) is 0 Å². The number of hydrogen-bond acceptors (Lipinski definition) is 2. The third-order valence-electron chi connectivity index (χ3n) is 1.13. The van der Waals surface area contributed by atoms with E-state index in [1.54, 1.807) is 0 Å². The van der Waals surface area contributed by atoms with Crippen LogP contribution in [0.25, 0.3) is 0 Å². The van der Waals surface area contributed by atoms with E-state index in [1.165, 1.54) is 0 Å². The molecule has 0 aliphatic carbocycles. The average Bonchev–Trinajstić information content (AvgIpc) is 1.65. The largest absolute Gasteiger partial charge is 0.329 e. The molecule has 0 spiro atoms. The molecule has 0 aromatic rings. The number of halogens is 1. The molecule has 8 heavy (non-hydrogen) atoms. The predicted molar refractivity (Wildman–Crippen MR) is 39.1 cm³/mol. The Morgan fingerprint density at radius 2 is 1.75 bits per heavy atom. The van der Waals surface area contributed by atoms with Crippen molar-refractivity contribution in [3.63, 3.8) is 0 Å². The molecule has 0 saturated carbocycles. The summed E-state index contributed by atoms with van der Waals surface area (Å²) < 4.78 is 0. The van der Waals surface area contributed by atoms with Crippen LogP contribution in [0, 0.1) is 5.92 Å². The molecule has 0 unspecified atom stereocenters. The van der Waals surface area contributed by atoms with Gasteiger partial charge in [-0.05, 0) is 5.92 Å². The molecule has 0 bridgehead atoms. The third-order valence-corrected chi connectivity index (χ3v) is 1.13. The van der Waals surface area contributed by atoms with Gasteiger partial charge in [-0.1, -0.05) is 13.8 Å². The molecule has 0 heterocycles. The van der Waals surface area contributed by atoms with Gasteiger partial charge in [0, 0.05) is 12.6 Å². The molecule has 4 N–H and O–H groups in total. The SMILES string of the molecule is CC(C)[C@@H](N)CN.Cl. The van der Waals surface area contributed by atoms with Crippen molar-refractivity contribution in [2.24, 2.45) is 17.4 Å². The second kappa shape index (κ2) is 5.35. The monoisotopic (exact) mass is 138 g/mol. The number of rotatable bonds is 2. The first-order chi connectivity index (χ1) is 3.18. The maximum Gasteiger partial charge on any atom is 0.0186 e. The Hall–Kier alpha value is 0.210. The molecule has 2 nitrogen and oxygen atoms in total. The zero-order valence-corrected chi connectivity index (χ0v) is 6.24. The van der Waals surface area contributed by atoms with Crippen LogP contribution in [0.4, 0.5) is 0 Å². The van der Waals surface area contributed by atoms with Crippen molar-refractivity contribution >= 4 is 12.4 Å². The second-order valence-electron chi connectivity index (χ2n) is 2.14. The van der Waals surface area contributed by atoms with Gasteiger partial charge < -0.3 is 11.5 Å². The fourth-order valence-corrected chi connectivity index (χ4v) is 0.272. The quantitative estimate of drug-likeness (QED) is 0.579. The molecule has 0 saturated heterocycles. The summed E-state index contributed by atoms with van der Waals surface area (Å²) in [5.41, 5.74) is 10.7. The van der Waals surface area contributed by atoms with Gasteiger partial charge in [0.2, 0.25) is 0 Å². The zero-order valence-electron chi connectivity index (χ0n) is 5.42. The molecule has 1 atom stereocenters. The van der Waals surface area contributed by atoms with Gasteiger partial charge >= 0.3 is 0 Å². The second-order valence-corrected chi connectivity index (χ2v) is 2.14. The molecule has 0 amide bonds. The summed E-state index contributed by atoms with van der Waals surface area (Å²) in [4.78, 5) is 0. The Kier molecular flexibility index (Phi) is 7.40. The van der Waals surface area contributed by atoms with Gasteiger partial charge in [0.1, 0.15) is 0 Å². The maximum absolute atomic E-state index is 5.49. The van der Waals surface area contributed by atoms with E-state index < -0.39 is 0 Å². The summed E-state index contributed by atoms with van der Waals surface area (Å²) in [7, 11) is 0. The van der Waals surface area contributed by atoms with Crippen LogP contribution in [0.15, 0.2) is 0 Å². The molecular weight excluding hydrogens is 124 g/mol. The van der Waals surface area contributed by atoms with E-state index in [4.69, 9.17) is 11.5 Å². The average molecular weight is 139 g/mol. The van der Waals surface area contributed by atoms with Crippen LogP contribution in [0.3, 0.4) is 0 Å². The Bertz CT molecular complexity index is 47.7. The Labute approximate surface area is 57.0 Å². The number of hydrogen-bond donors (Lipinski definition) is 2. The van der Waals surface area contributed by atoms with Gasteiger partial charge in [-0.15, -0.1) is 12.4 Å². The minimum Gasteiger partial charge on any atom is -0.329 e. The van der Waals surface area contributed by atoms with Gasteiger partial charge in [0.15, 0.2) is 0 Å². The van der Waals surface area contributed by atoms with E-state index in [9.17, 15) is 0 Å². The van der Waals surface area contributed by atoms with Crippen molar-refractivity contribution in [2.75, 3.05) is 6.54 Å². The van der Waals surface area contributed by atoms with Crippen LogP contribution in [-0.4, -0.2) is 12.6 Å². The first kappa shape index (κ1) is 11.1. The van der Waals surface area contributed by atoms with Crippen molar-refractivity contribution in [1.82, 2.24) is 0 Å². The molecule has 0 aliphatic heterocycles. The van der Waals surface area contributed by atoms with Crippen LogP contribution in [0.2, 0.25) is 0 Å². The smallest absolute Gasteiger partial charge is 0.0186 e. The van der Waals surface area contributed by atoms with Crippen LogP contribution in [0.5, 0.6) is 0 Å². The highest BCUT2D eigenvalue weighted by atomic mass is 35.5. The van der Waals surface area contributed by atoms with E-state index in [1.807, 2.05) is 0 Å². The highest BCUT2D eigenvalue weighted by molar-refractivity contribution is 5.85. The topological polar surface area (TPSA) is 52.0 Å². The summed E-state index contributed by atoms with van der Waals surface area (Å²) in [5.74, 6) is 0.519. The lowest BCUT2D eigenvalue weighted by Gasteiger charge is -2.10. The van der Waals surface area contributed by atoms with E-state index in [0.717, 1.165) is 0 Å². The minimum absolute atomic E-state index is 0. The first-order valence-corrected chi connectivity index (χ1v) is 2.64. The predicted octanol–water partition coefficient (Wildman–Crippen LogP) is 0.350. The van der Waals surface area contributed by atoms with Crippen LogP contribution in [0.1, 0.15) is 13.8 Å². The summed E-state index contributed by atoms with van der Waals surface area (Å²) in [5, 5.41) is 0. The van der Waals surface area contributed by atoms with E-state index in [-0.39, 0.29) is 18.4 Å². The Morgan fingerprint density at radius 1 is 1.38 bits per heavy atom. The van der Waals surface area contributed by atoms with Gasteiger partial charge in [-0.3, -0.25) is 0 Å². The highest BCUT2D eigenvalue weighted by Crippen LogP contribution is 1.93. The van der Waals surface area contributed by atoms with Crippen LogP contribution >= 0.6 is 12.4 Å². The lowest BCUT2D eigenvalue weighted by Crippen LogP contribution is -2.34. The van der Waals surface area contributed by atoms with E-state index in [2.05, 4.69) is 13.8 Å². The lowest BCUT2D eigenvalue weighted by molar-refractivity contribution is 0.501. The normalized spacial score (nSPS) is 13.1. The van der Waals surface area contributed by atoms with Gasteiger partial charge in [-0.25, -0.2) is 0 Å². The molecule has 0 aromatic carbocycles. The fourth-order valence-electron chi connectivity index (χ4n) is 0.272. The van der Waals surface area contributed by atoms with Crippen molar-refractivity contribution in [1.29, 1.82) is 0 Å². The molecule has 0 radical (unpaired) electrons. The van der Waals surface area contributed by atoms with Crippen LogP contribution in [-0.2, 0) is 0 Å². The van der Waals surface area contributed by atoms with E-state index >= 15 is 0 Å². The fraction of sp³-hybridized carbons (Fsp3) is 1.00. The summed E-state index contributed by atoms with van der Waals surface area (Å²) >= 11 is 0. The van der Waals surface area contributed by atoms with Gasteiger partial charge in [0.25, 0.3) is 0 Å². The molecule has 52 valence electrons. The van der Waals surface area contributed by atoms with E-state index in [0.29, 0.717) is 12.5 Å².